The molecule has 2 rings (SSSR count). The van der Waals surface area contributed by atoms with Gasteiger partial charge in [-0.2, -0.15) is 11.3 Å². The molecule has 0 bridgehead atoms. The molecule has 0 aromatic carbocycles. The fourth-order valence-electron chi connectivity index (χ4n) is 3.02. The third kappa shape index (κ3) is 7.99. The van der Waals surface area contributed by atoms with Gasteiger partial charge in [0.15, 0.2) is 6.61 Å². The lowest BCUT2D eigenvalue weighted by atomic mass is 9.97. The van der Waals surface area contributed by atoms with Gasteiger partial charge in [-0.05, 0) is 30.7 Å². The first-order chi connectivity index (χ1) is 12.6. The number of carbonyl (C=O) groups is 3. The SMILES string of the molecule is O=C(COC(=O)CCCNC(=O)c1ccsc1)NC1CCCCCCC1. The van der Waals surface area contributed by atoms with Crippen LogP contribution in [-0.2, 0) is 14.3 Å². The van der Waals surface area contributed by atoms with E-state index in [1.54, 1.807) is 11.4 Å². The highest BCUT2D eigenvalue weighted by Gasteiger charge is 2.15. The van der Waals surface area contributed by atoms with E-state index in [2.05, 4.69) is 10.6 Å². The van der Waals surface area contributed by atoms with Crippen LogP contribution < -0.4 is 10.6 Å². The van der Waals surface area contributed by atoms with Crippen LogP contribution in [0.1, 0.15) is 68.1 Å². The standard InChI is InChI=1S/C19H28N2O4S/c22-17(21-16-7-4-2-1-3-5-8-16)13-25-18(23)9-6-11-20-19(24)15-10-12-26-14-15/h10,12,14,16H,1-9,11,13H2,(H,20,24)(H,21,22). The van der Waals surface area contributed by atoms with E-state index in [0.717, 1.165) is 25.7 Å². The van der Waals surface area contributed by atoms with Gasteiger partial charge < -0.3 is 15.4 Å². The number of ether oxygens (including phenoxy) is 1. The van der Waals surface area contributed by atoms with Crippen molar-refractivity contribution in [3.05, 3.63) is 22.4 Å². The van der Waals surface area contributed by atoms with Crippen molar-refractivity contribution in [1.82, 2.24) is 10.6 Å². The van der Waals surface area contributed by atoms with Gasteiger partial charge in [0.25, 0.3) is 11.8 Å². The molecule has 6 nitrogen and oxygen atoms in total. The third-order valence-corrected chi connectivity index (χ3v) is 5.14. The van der Waals surface area contributed by atoms with Crippen molar-refractivity contribution >= 4 is 29.1 Å². The molecule has 1 aliphatic carbocycles. The largest absolute Gasteiger partial charge is 0.456 e. The summed E-state index contributed by atoms with van der Waals surface area (Å²) in [5.41, 5.74) is 0.628. The number of hydrogen-bond acceptors (Lipinski definition) is 5. The molecule has 26 heavy (non-hydrogen) atoms. The molecule has 1 fully saturated rings. The zero-order valence-electron chi connectivity index (χ0n) is 15.1. The average molecular weight is 381 g/mol. The molecule has 0 unspecified atom stereocenters. The van der Waals surface area contributed by atoms with Crippen molar-refractivity contribution in [1.29, 1.82) is 0 Å². The van der Waals surface area contributed by atoms with Crippen LogP contribution in [0.5, 0.6) is 0 Å². The summed E-state index contributed by atoms with van der Waals surface area (Å²) in [7, 11) is 0. The molecule has 2 N–H and O–H groups in total. The van der Waals surface area contributed by atoms with E-state index in [4.69, 9.17) is 4.74 Å². The Labute approximate surface area is 158 Å². The summed E-state index contributed by atoms with van der Waals surface area (Å²) in [5.74, 6) is -0.782. The highest BCUT2D eigenvalue weighted by Crippen LogP contribution is 2.17. The lowest BCUT2D eigenvalue weighted by molar-refractivity contribution is -0.148. The lowest BCUT2D eigenvalue weighted by Gasteiger charge is -2.20. The predicted molar refractivity (Wildman–Crippen MR) is 101 cm³/mol. The van der Waals surface area contributed by atoms with Gasteiger partial charge in [0.05, 0.1) is 0 Å². The van der Waals surface area contributed by atoms with E-state index in [-0.39, 0.29) is 30.9 Å². The minimum atomic E-state index is -0.414. The monoisotopic (exact) mass is 380 g/mol. The highest BCUT2D eigenvalue weighted by molar-refractivity contribution is 7.08. The van der Waals surface area contributed by atoms with Crippen LogP contribution in [0.4, 0.5) is 0 Å². The van der Waals surface area contributed by atoms with E-state index in [0.29, 0.717) is 18.5 Å². The van der Waals surface area contributed by atoms with Crippen molar-refractivity contribution in [3.8, 4) is 0 Å². The minimum Gasteiger partial charge on any atom is -0.456 e. The zero-order chi connectivity index (χ0) is 18.6. The van der Waals surface area contributed by atoms with Gasteiger partial charge >= 0.3 is 5.97 Å². The maximum absolute atomic E-state index is 11.9. The van der Waals surface area contributed by atoms with Crippen LogP contribution in [-0.4, -0.2) is 37.0 Å². The molecule has 1 aromatic rings. The highest BCUT2D eigenvalue weighted by atomic mass is 32.1. The molecule has 1 heterocycles. The van der Waals surface area contributed by atoms with Gasteiger partial charge in [0, 0.05) is 30.0 Å². The van der Waals surface area contributed by atoms with Gasteiger partial charge in [-0.25, -0.2) is 0 Å². The molecule has 7 heteroatoms. The van der Waals surface area contributed by atoms with Crippen LogP contribution in [0.3, 0.4) is 0 Å². The number of carbonyl (C=O) groups excluding carboxylic acids is 3. The fourth-order valence-corrected chi connectivity index (χ4v) is 3.65. The van der Waals surface area contributed by atoms with E-state index in [1.807, 2.05) is 5.38 Å². The maximum Gasteiger partial charge on any atom is 0.306 e. The second-order valence-corrected chi connectivity index (χ2v) is 7.42. The normalized spacial score (nSPS) is 15.5. The number of hydrogen-bond donors (Lipinski definition) is 2. The molecule has 1 aromatic heterocycles. The fraction of sp³-hybridized carbons (Fsp3) is 0.632. The molecule has 1 saturated carbocycles. The molecule has 0 aliphatic heterocycles. The molecular formula is C19H28N2O4S. The van der Waals surface area contributed by atoms with Crippen LogP contribution in [0.25, 0.3) is 0 Å². The zero-order valence-corrected chi connectivity index (χ0v) is 15.9. The topological polar surface area (TPSA) is 84.5 Å². The molecule has 0 saturated heterocycles. The Morgan fingerprint density at radius 1 is 1.12 bits per heavy atom. The van der Waals surface area contributed by atoms with Crippen LogP contribution in [0, 0.1) is 0 Å². The molecule has 144 valence electrons. The lowest BCUT2D eigenvalue weighted by Crippen LogP contribution is -2.38. The molecular weight excluding hydrogens is 352 g/mol. The number of esters is 1. The second-order valence-electron chi connectivity index (χ2n) is 6.64. The second kappa shape index (κ2) is 11.7. The van der Waals surface area contributed by atoms with Crippen molar-refractivity contribution in [3.63, 3.8) is 0 Å². The number of thiophene rings is 1. The molecule has 0 atom stereocenters. The number of rotatable bonds is 8. The third-order valence-electron chi connectivity index (χ3n) is 4.46. The van der Waals surface area contributed by atoms with Crippen LogP contribution in [0.15, 0.2) is 16.8 Å². The summed E-state index contributed by atoms with van der Waals surface area (Å²) in [6.45, 7) is 0.175. The molecule has 0 spiro atoms. The van der Waals surface area contributed by atoms with E-state index in [9.17, 15) is 14.4 Å². The predicted octanol–water partition coefficient (Wildman–Crippen LogP) is 3.03. The van der Waals surface area contributed by atoms with Gasteiger partial charge in [0.2, 0.25) is 0 Å². The maximum atomic E-state index is 11.9. The van der Waals surface area contributed by atoms with E-state index in [1.165, 1.54) is 30.6 Å². The first kappa shape index (κ1) is 20.4. The quantitative estimate of drug-likeness (QED) is 0.536. The Hall–Kier alpha value is -1.89. The van der Waals surface area contributed by atoms with E-state index < -0.39 is 5.97 Å². The van der Waals surface area contributed by atoms with Gasteiger partial charge in [-0.1, -0.05) is 32.1 Å². The van der Waals surface area contributed by atoms with E-state index >= 15 is 0 Å². The van der Waals surface area contributed by atoms with Crippen molar-refractivity contribution in [2.45, 2.75) is 63.8 Å². The van der Waals surface area contributed by atoms with Gasteiger partial charge in [-0.15, -0.1) is 0 Å². The summed E-state index contributed by atoms with van der Waals surface area (Å²) in [4.78, 5) is 35.3. The first-order valence-corrected chi connectivity index (χ1v) is 10.3. The summed E-state index contributed by atoms with van der Waals surface area (Å²) >= 11 is 1.46. The molecule has 1 aliphatic rings. The Morgan fingerprint density at radius 3 is 2.54 bits per heavy atom. The van der Waals surface area contributed by atoms with Crippen molar-refractivity contribution < 1.29 is 19.1 Å². The van der Waals surface area contributed by atoms with Gasteiger partial charge in [0.1, 0.15) is 0 Å². The van der Waals surface area contributed by atoms with Crippen molar-refractivity contribution in [2.75, 3.05) is 13.2 Å². The van der Waals surface area contributed by atoms with Crippen LogP contribution >= 0.6 is 11.3 Å². The Kier molecular flexibility index (Phi) is 9.17. The Balaban J connectivity index is 1.53. The number of nitrogens with one attached hydrogen (secondary N) is 2. The molecule has 2 amide bonds. The minimum absolute atomic E-state index is 0.141. The molecule has 0 radical (unpaired) electrons. The smallest absolute Gasteiger partial charge is 0.306 e. The summed E-state index contributed by atoms with van der Waals surface area (Å²) < 4.78 is 5.02. The first-order valence-electron chi connectivity index (χ1n) is 9.40. The Bertz CT molecular complexity index is 566. The Morgan fingerprint density at radius 2 is 1.85 bits per heavy atom. The average Bonchev–Trinajstić information content (AvgIpc) is 3.13. The summed E-state index contributed by atoms with van der Waals surface area (Å²) in [6.07, 6.45) is 8.69. The number of amides is 2. The van der Waals surface area contributed by atoms with Crippen molar-refractivity contribution in [2.24, 2.45) is 0 Å². The summed E-state index contributed by atoms with van der Waals surface area (Å²) in [5, 5.41) is 9.34. The van der Waals surface area contributed by atoms with Crippen LogP contribution in [0.2, 0.25) is 0 Å². The summed E-state index contributed by atoms with van der Waals surface area (Å²) in [6, 6.07) is 1.96. The van der Waals surface area contributed by atoms with Gasteiger partial charge in [-0.3, -0.25) is 14.4 Å².